The minimum absolute atomic E-state index is 0.268. The maximum absolute atomic E-state index is 12.0. The van der Waals surface area contributed by atoms with Gasteiger partial charge in [0.25, 0.3) is 0 Å². The Morgan fingerprint density at radius 2 is 1.90 bits per heavy atom. The third-order valence-corrected chi connectivity index (χ3v) is 4.69. The molecule has 0 saturated heterocycles. The lowest BCUT2D eigenvalue weighted by Crippen LogP contribution is -2.30. The fraction of sp³-hybridized carbons (Fsp3) is 0.429. The summed E-state index contributed by atoms with van der Waals surface area (Å²) in [6.45, 7) is 3.53. The van der Waals surface area contributed by atoms with Gasteiger partial charge in [-0.1, -0.05) is 0 Å². The fourth-order valence-corrected chi connectivity index (χ4v) is 2.51. The molecule has 1 atom stereocenters. The molecule has 2 rings (SSSR count). The summed E-state index contributed by atoms with van der Waals surface area (Å²) in [5.74, 6) is 0.500. The van der Waals surface area contributed by atoms with Crippen LogP contribution >= 0.6 is 23.2 Å². The lowest BCUT2D eigenvalue weighted by molar-refractivity contribution is -0.125. The van der Waals surface area contributed by atoms with Crippen molar-refractivity contribution in [2.75, 3.05) is 7.11 Å². The maximum Gasteiger partial charge on any atom is 0.249 e. The van der Waals surface area contributed by atoms with Gasteiger partial charge in [-0.05, 0) is 50.1 Å². The van der Waals surface area contributed by atoms with Gasteiger partial charge in [0, 0.05) is 0 Å². The van der Waals surface area contributed by atoms with Gasteiger partial charge in [-0.2, -0.15) is 5.10 Å². The molecule has 0 radical (unpaired) electrons. The summed E-state index contributed by atoms with van der Waals surface area (Å²) in [5, 5.41) is 4.08. The first-order chi connectivity index (χ1) is 9.30. The van der Waals surface area contributed by atoms with Gasteiger partial charge in [-0.25, -0.2) is 5.43 Å². The van der Waals surface area contributed by atoms with Crippen LogP contribution in [0.5, 0.6) is 5.75 Å². The van der Waals surface area contributed by atoms with Crippen molar-refractivity contribution < 1.29 is 9.53 Å². The van der Waals surface area contributed by atoms with Crippen molar-refractivity contribution in [3.8, 4) is 5.75 Å². The number of ether oxygens (including phenoxy) is 1. The average Bonchev–Trinajstić information content (AvgIpc) is 2.96. The zero-order valence-electron chi connectivity index (χ0n) is 11.5. The third-order valence-electron chi connectivity index (χ3n) is 3.59. The number of rotatable bonds is 4. The van der Waals surface area contributed by atoms with Gasteiger partial charge in [0.1, 0.15) is 10.1 Å². The maximum atomic E-state index is 12.0. The van der Waals surface area contributed by atoms with E-state index >= 15 is 0 Å². The van der Waals surface area contributed by atoms with Crippen LogP contribution in [0.1, 0.15) is 25.8 Å². The van der Waals surface area contributed by atoms with Gasteiger partial charge in [-0.3, -0.25) is 4.79 Å². The van der Waals surface area contributed by atoms with E-state index in [1.807, 2.05) is 31.2 Å². The summed E-state index contributed by atoms with van der Waals surface area (Å²) >= 11 is 11.9. The van der Waals surface area contributed by atoms with E-state index in [-0.39, 0.29) is 5.91 Å². The lowest BCUT2D eigenvalue weighted by atomic mass is 10.1. The van der Waals surface area contributed by atoms with Crippen molar-refractivity contribution in [3.63, 3.8) is 0 Å². The first-order valence-electron chi connectivity index (χ1n) is 6.17. The van der Waals surface area contributed by atoms with E-state index in [9.17, 15) is 4.79 Å². The number of methoxy groups -OCH3 is 1. The van der Waals surface area contributed by atoms with E-state index < -0.39 is 9.75 Å². The number of halogens is 2. The van der Waals surface area contributed by atoms with Crippen molar-refractivity contribution in [1.82, 2.24) is 5.43 Å². The van der Waals surface area contributed by atoms with Crippen LogP contribution in [0.2, 0.25) is 0 Å². The molecular formula is C14H16Cl2N2O2. The molecule has 0 spiro atoms. The van der Waals surface area contributed by atoms with E-state index in [1.54, 1.807) is 14.0 Å². The molecule has 1 N–H and O–H groups in total. The predicted octanol–water partition coefficient (Wildman–Crippen LogP) is 3.12. The standard InChI is InChI=1S/C14H16Cl2N2O2/c1-9(10-4-6-11(20-3)7-5-10)17-18-12(19)13(2)8-14(13,15)16/h4-7H,8H2,1-3H3,(H,18,19)/b17-9-/t13-/m0/s1. The van der Waals surface area contributed by atoms with Crippen LogP contribution in [0.25, 0.3) is 0 Å². The summed E-state index contributed by atoms with van der Waals surface area (Å²) in [7, 11) is 1.61. The molecule has 1 fully saturated rings. The molecule has 108 valence electrons. The predicted molar refractivity (Wildman–Crippen MR) is 80.5 cm³/mol. The molecule has 0 heterocycles. The molecule has 20 heavy (non-hydrogen) atoms. The van der Waals surface area contributed by atoms with Crippen molar-refractivity contribution in [1.29, 1.82) is 0 Å². The zero-order valence-corrected chi connectivity index (χ0v) is 13.0. The zero-order chi connectivity index (χ0) is 15.0. The Morgan fingerprint density at radius 3 is 2.35 bits per heavy atom. The van der Waals surface area contributed by atoms with Gasteiger partial charge in [0.15, 0.2) is 0 Å². The highest BCUT2D eigenvalue weighted by molar-refractivity contribution is 6.53. The number of hydrogen-bond donors (Lipinski definition) is 1. The molecule has 0 aromatic heterocycles. The Balaban J connectivity index is 2.02. The summed E-state index contributed by atoms with van der Waals surface area (Å²) in [5.41, 5.74) is 3.35. The quantitative estimate of drug-likeness (QED) is 0.527. The summed E-state index contributed by atoms with van der Waals surface area (Å²) in [6, 6.07) is 7.41. The van der Waals surface area contributed by atoms with Gasteiger partial charge in [-0.15, -0.1) is 23.2 Å². The molecule has 6 heteroatoms. The van der Waals surface area contributed by atoms with E-state index in [1.165, 1.54) is 0 Å². The van der Waals surface area contributed by atoms with E-state index in [0.717, 1.165) is 11.3 Å². The van der Waals surface area contributed by atoms with E-state index in [4.69, 9.17) is 27.9 Å². The second-order valence-corrected chi connectivity index (χ2v) is 6.56. The van der Waals surface area contributed by atoms with Crippen molar-refractivity contribution in [2.45, 2.75) is 24.6 Å². The average molecular weight is 315 g/mol. The van der Waals surface area contributed by atoms with Gasteiger partial charge < -0.3 is 4.74 Å². The topological polar surface area (TPSA) is 50.7 Å². The third kappa shape index (κ3) is 2.76. The molecule has 1 saturated carbocycles. The Morgan fingerprint density at radius 1 is 1.35 bits per heavy atom. The van der Waals surface area contributed by atoms with Crippen LogP contribution < -0.4 is 10.2 Å². The first-order valence-corrected chi connectivity index (χ1v) is 6.93. The number of nitrogens with zero attached hydrogens (tertiary/aromatic N) is 1. The normalized spacial score (nSPS) is 24.1. The fourth-order valence-electron chi connectivity index (χ4n) is 1.80. The highest BCUT2D eigenvalue weighted by Gasteiger charge is 2.68. The number of carbonyl (C=O) groups excluding carboxylic acids is 1. The Kier molecular flexibility index (Phi) is 3.98. The smallest absolute Gasteiger partial charge is 0.249 e. The van der Waals surface area contributed by atoms with E-state index in [2.05, 4.69) is 10.5 Å². The highest BCUT2D eigenvalue weighted by Crippen LogP contribution is 2.63. The van der Waals surface area contributed by atoms with Crippen LogP contribution in [0.3, 0.4) is 0 Å². The van der Waals surface area contributed by atoms with Gasteiger partial charge >= 0.3 is 0 Å². The number of alkyl halides is 2. The van der Waals surface area contributed by atoms with Crippen LogP contribution in [-0.4, -0.2) is 23.1 Å². The number of nitrogens with one attached hydrogen (secondary N) is 1. The molecular weight excluding hydrogens is 299 g/mol. The molecule has 0 unspecified atom stereocenters. The first kappa shape index (κ1) is 15.1. The van der Waals surface area contributed by atoms with E-state index in [0.29, 0.717) is 12.1 Å². The molecule has 0 aliphatic heterocycles. The molecule has 1 aromatic carbocycles. The molecule has 1 aliphatic rings. The lowest BCUT2D eigenvalue weighted by Gasteiger charge is -2.10. The summed E-state index contributed by atoms with van der Waals surface area (Å²) in [4.78, 5) is 12.0. The molecule has 4 nitrogen and oxygen atoms in total. The summed E-state index contributed by atoms with van der Waals surface area (Å²) < 4.78 is 4.10. The molecule has 0 bridgehead atoms. The molecule has 1 amide bonds. The molecule has 1 aromatic rings. The van der Waals surface area contributed by atoms with Crippen LogP contribution in [0, 0.1) is 5.41 Å². The monoisotopic (exact) mass is 314 g/mol. The second kappa shape index (κ2) is 5.26. The minimum atomic E-state index is -0.985. The van der Waals surface area contributed by atoms with Crippen LogP contribution in [0.15, 0.2) is 29.4 Å². The van der Waals surface area contributed by atoms with Gasteiger partial charge in [0.2, 0.25) is 5.91 Å². The minimum Gasteiger partial charge on any atom is -0.497 e. The van der Waals surface area contributed by atoms with Crippen molar-refractivity contribution in [2.24, 2.45) is 10.5 Å². The van der Waals surface area contributed by atoms with Gasteiger partial charge in [0.05, 0.1) is 18.2 Å². The number of carbonyl (C=O) groups is 1. The second-order valence-electron chi connectivity index (χ2n) is 5.08. The summed E-state index contributed by atoms with van der Waals surface area (Å²) in [6.07, 6.45) is 0.437. The van der Waals surface area contributed by atoms with Crippen LogP contribution in [-0.2, 0) is 4.79 Å². The number of hydrazone groups is 1. The largest absolute Gasteiger partial charge is 0.497 e. The number of amides is 1. The number of hydrogen-bond acceptors (Lipinski definition) is 3. The van der Waals surface area contributed by atoms with Crippen LogP contribution in [0.4, 0.5) is 0 Å². The Labute approximate surface area is 128 Å². The highest BCUT2D eigenvalue weighted by atomic mass is 35.5. The van der Waals surface area contributed by atoms with Crippen molar-refractivity contribution in [3.05, 3.63) is 29.8 Å². The Hall–Kier alpha value is -1.26. The SMILES string of the molecule is COc1ccc(/C(C)=N\NC(=O)[C@]2(C)CC2(Cl)Cl)cc1. The molecule has 1 aliphatic carbocycles. The number of benzene rings is 1. The Bertz CT molecular complexity index is 555. The van der Waals surface area contributed by atoms with Crippen molar-refractivity contribution >= 4 is 34.8 Å².